The van der Waals surface area contributed by atoms with Crippen molar-refractivity contribution < 1.29 is 4.74 Å². The smallest absolute Gasteiger partial charge is 0.146 e. The highest BCUT2D eigenvalue weighted by Gasteiger charge is 2.08. The average molecular weight is 198 g/mol. The van der Waals surface area contributed by atoms with Gasteiger partial charge < -0.3 is 15.0 Å². The minimum atomic E-state index is 0.257. The lowest BCUT2D eigenvalue weighted by Crippen LogP contribution is -2.10. The van der Waals surface area contributed by atoms with E-state index < -0.39 is 0 Å². The molecule has 1 unspecified atom stereocenters. The van der Waals surface area contributed by atoms with Crippen molar-refractivity contribution in [2.24, 2.45) is 12.8 Å². The number of ether oxygens (including phenoxy) is 1. The van der Waals surface area contributed by atoms with Gasteiger partial charge in [0.2, 0.25) is 0 Å². The van der Waals surface area contributed by atoms with Gasteiger partial charge in [-0.25, -0.2) is 0 Å². The molecule has 0 fully saturated rings. The Morgan fingerprint density at radius 2 is 2.07 bits per heavy atom. The molecule has 14 heavy (non-hydrogen) atoms. The molecule has 0 saturated carbocycles. The maximum Gasteiger partial charge on any atom is 0.146 e. The Morgan fingerprint density at radius 3 is 2.57 bits per heavy atom. The Hall–Kier alpha value is -0.940. The van der Waals surface area contributed by atoms with Crippen LogP contribution < -0.4 is 5.73 Å². The van der Waals surface area contributed by atoms with Gasteiger partial charge in [0.15, 0.2) is 0 Å². The van der Waals surface area contributed by atoms with E-state index in [4.69, 9.17) is 10.5 Å². The van der Waals surface area contributed by atoms with Crippen LogP contribution in [0.1, 0.15) is 25.0 Å². The highest BCUT2D eigenvalue weighted by molar-refractivity contribution is 4.94. The van der Waals surface area contributed by atoms with Crippen molar-refractivity contribution in [2.75, 3.05) is 7.11 Å². The molecule has 0 aliphatic heterocycles. The molecule has 5 nitrogen and oxygen atoms in total. The fourth-order valence-corrected chi connectivity index (χ4v) is 1.24. The molecule has 1 heterocycles. The Kier molecular flexibility index (Phi) is 4.03. The zero-order valence-electron chi connectivity index (χ0n) is 9.03. The Morgan fingerprint density at radius 1 is 1.43 bits per heavy atom. The Labute approximate surface area is 84.3 Å². The second kappa shape index (κ2) is 5.07. The van der Waals surface area contributed by atoms with Crippen LogP contribution in [0.4, 0.5) is 0 Å². The lowest BCUT2D eigenvalue weighted by Gasteiger charge is -2.08. The Balaban J connectivity index is 2.54. The molecule has 0 saturated heterocycles. The second-order valence-electron chi connectivity index (χ2n) is 3.38. The minimum absolute atomic E-state index is 0.257. The van der Waals surface area contributed by atoms with Crippen LogP contribution in [0, 0.1) is 0 Å². The Bertz CT molecular complexity index is 284. The fourth-order valence-electron chi connectivity index (χ4n) is 1.24. The van der Waals surface area contributed by atoms with E-state index in [9.17, 15) is 0 Å². The summed E-state index contributed by atoms with van der Waals surface area (Å²) in [5.74, 6) is 1.79. The number of hydrogen-bond acceptors (Lipinski definition) is 4. The number of rotatable bonds is 5. The van der Waals surface area contributed by atoms with Crippen LogP contribution in [-0.4, -0.2) is 28.0 Å². The molecule has 2 N–H and O–H groups in total. The molecule has 0 radical (unpaired) electrons. The van der Waals surface area contributed by atoms with Gasteiger partial charge in [-0.3, -0.25) is 0 Å². The van der Waals surface area contributed by atoms with Crippen molar-refractivity contribution in [3.63, 3.8) is 0 Å². The van der Waals surface area contributed by atoms with Crippen LogP contribution in [0.25, 0.3) is 0 Å². The van der Waals surface area contributed by atoms with E-state index in [1.54, 1.807) is 7.11 Å². The van der Waals surface area contributed by atoms with Crippen LogP contribution in [0.3, 0.4) is 0 Å². The van der Waals surface area contributed by atoms with Gasteiger partial charge in [-0.2, -0.15) is 0 Å². The van der Waals surface area contributed by atoms with Gasteiger partial charge in [0.25, 0.3) is 0 Å². The van der Waals surface area contributed by atoms with E-state index in [0.717, 1.165) is 24.5 Å². The SMILES string of the molecule is COC(C)CCc1nnc(CN)n1C. The predicted octanol–water partition coefficient (Wildman–Crippen LogP) is 0.241. The molecule has 0 spiro atoms. The van der Waals surface area contributed by atoms with Gasteiger partial charge in [0, 0.05) is 20.6 Å². The quantitative estimate of drug-likeness (QED) is 0.736. The van der Waals surface area contributed by atoms with Gasteiger partial charge in [-0.15, -0.1) is 10.2 Å². The van der Waals surface area contributed by atoms with Crippen LogP contribution in [0.5, 0.6) is 0 Å². The molecule has 0 aliphatic carbocycles. The predicted molar refractivity (Wildman–Crippen MR) is 53.7 cm³/mol. The lowest BCUT2D eigenvalue weighted by atomic mass is 10.2. The van der Waals surface area contributed by atoms with Crippen molar-refractivity contribution in [3.05, 3.63) is 11.6 Å². The third-order valence-electron chi connectivity index (χ3n) is 2.41. The number of aromatic nitrogens is 3. The zero-order valence-corrected chi connectivity index (χ0v) is 9.03. The van der Waals surface area contributed by atoms with Crippen molar-refractivity contribution in [1.82, 2.24) is 14.8 Å². The average Bonchev–Trinajstić information content (AvgIpc) is 2.56. The van der Waals surface area contributed by atoms with E-state index in [2.05, 4.69) is 10.2 Å². The first kappa shape index (κ1) is 11.1. The molecule has 0 aliphatic rings. The molecule has 80 valence electrons. The van der Waals surface area contributed by atoms with Gasteiger partial charge in [-0.05, 0) is 13.3 Å². The van der Waals surface area contributed by atoms with Gasteiger partial charge in [0.1, 0.15) is 11.6 Å². The van der Waals surface area contributed by atoms with Crippen LogP contribution >= 0.6 is 0 Å². The van der Waals surface area contributed by atoms with Crippen molar-refractivity contribution in [1.29, 1.82) is 0 Å². The lowest BCUT2D eigenvalue weighted by molar-refractivity contribution is 0.110. The number of methoxy groups -OCH3 is 1. The molecule has 0 bridgehead atoms. The zero-order chi connectivity index (χ0) is 10.6. The molecular formula is C9H18N4O. The first-order chi connectivity index (χ1) is 6.69. The van der Waals surface area contributed by atoms with E-state index >= 15 is 0 Å². The first-order valence-corrected chi connectivity index (χ1v) is 4.79. The third-order valence-corrected chi connectivity index (χ3v) is 2.41. The summed E-state index contributed by atoms with van der Waals surface area (Å²) in [5.41, 5.74) is 5.50. The summed E-state index contributed by atoms with van der Waals surface area (Å²) >= 11 is 0. The molecule has 1 rings (SSSR count). The monoisotopic (exact) mass is 198 g/mol. The standard InChI is InChI=1S/C9H18N4O/c1-7(14-3)4-5-8-11-12-9(6-10)13(8)2/h7H,4-6,10H2,1-3H3. The third kappa shape index (κ3) is 2.52. The van der Waals surface area contributed by atoms with Crippen molar-refractivity contribution in [3.8, 4) is 0 Å². The largest absolute Gasteiger partial charge is 0.382 e. The summed E-state index contributed by atoms with van der Waals surface area (Å²) in [6.45, 7) is 2.48. The summed E-state index contributed by atoms with van der Waals surface area (Å²) in [5, 5.41) is 8.06. The summed E-state index contributed by atoms with van der Waals surface area (Å²) < 4.78 is 7.11. The summed E-state index contributed by atoms with van der Waals surface area (Å²) in [7, 11) is 3.65. The molecule has 0 aromatic carbocycles. The molecule has 1 atom stereocenters. The summed E-state index contributed by atoms with van der Waals surface area (Å²) in [6, 6.07) is 0. The first-order valence-electron chi connectivity index (χ1n) is 4.79. The topological polar surface area (TPSA) is 66.0 Å². The van der Waals surface area contributed by atoms with E-state index in [-0.39, 0.29) is 6.10 Å². The van der Waals surface area contributed by atoms with Crippen LogP contribution in [0.15, 0.2) is 0 Å². The van der Waals surface area contributed by atoms with Crippen LogP contribution in [-0.2, 0) is 24.8 Å². The molecule has 0 amide bonds. The number of aryl methyl sites for hydroxylation is 1. The van der Waals surface area contributed by atoms with E-state index in [0.29, 0.717) is 6.54 Å². The van der Waals surface area contributed by atoms with Gasteiger partial charge in [0.05, 0.1) is 12.6 Å². The molecule has 1 aromatic heterocycles. The fraction of sp³-hybridized carbons (Fsp3) is 0.778. The maximum atomic E-state index is 5.50. The normalized spacial score (nSPS) is 13.1. The van der Waals surface area contributed by atoms with Crippen LogP contribution in [0.2, 0.25) is 0 Å². The summed E-state index contributed by atoms with van der Waals surface area (Å²) in [4.78, 5) is 0. The molecular weight excluding hydrogens is 180 g/mol. The number of nitrogens with two attached hydrogens (primary N) is 1. The maximum absolute atomic E-state index is 5.50. The highest BCUT2D eigenvalue weighted by Crippen LogP contribution is 2.05. The van der Waals surface area contributed by atoms with Crippen molar-refractivity contribution in [2.45, 2.75) is 32.4 Å². The van der Waals surface area contributed by atoms with Crippen molar-refractivity contribution >= 4 is 0 Å². The molecule has 5 heteroatoms. The minimum Gasteiger partial charge on any atom is -0.382 e. The number of nitrogens with zero attached hydrogens (tertiary/aromatic N) is 3. The summed E-state index contributed by atoms with van der Waals surface area (Å²) in [6.07, 6.45) is 2.08. The van der Waals surface area contributed by atoms with Gasteiger partial charge in [-0.1, -0.05) is 0 Å². The highest BCUT2D eigenvalue weighted by atomic mass is 16.5. The second-order valence-corrected chi connectivity index (χ2v) is 3.38. The van der Waals surface area contributed by atoms with Gasteiger partial charge >= 0.3 is 0 Å². The number of hydrogen-bond donors (Lipinski definition) is 1. The van der Waals surface area contributed by atoms with E-state index in [1.165, 1.54) is 0 Å². The van der Waals surface area contributed by atoms with E-state index in [1.807, 2.05) is 18.5 Å². The molecule has 1 aromatic rings.